The molecule has 0 aliphatic heterocycles. The van der Waals surface area contributed by atoms with Gasteiger partial charge in [0.1, 0.15) is 5.75 Å². The monoisotopic (exact) mass is 299 g/mol. The van der Waals surface area contributed by atoms with Gasteiger partial charge in [-0.2, -0.15) is 0 Å². The summed E-state index contributed by atoms with van der Waals surface area (Å²) < 4.78 is 5.21. The number of ether oxygens (including phenoxy) is 1. The Bertz CT molecular complexity index is 643. The molecule has 22 heavy (non-hydrogen) atoms. The molecule has 2 aromatic rings. The van der Waals surface area contributed by atoms with E-state index in [1.807, 2.05) is 6.07 Å². The van der Waals surface area contributed by atoms with Crippen LogP contribution < -0.4 is 10.2 Å². The summed E-state index contributed by atoms with van der Waals surface area (Å²) in [6, 6.07) is 13.9. The molecule has 0 saturated heterocycles. The summed E-state index contributed by atoms with van der Waals surface area (Å²) in [6.45, 7) is 0.415. The van der Waals surface area contributed by atoms with Crippen LogP contribution >= 0.6 is 0 Å². The van der Waals surface area contributed by atoms with E-state index in [1.165, 1.54) is 7.11 Å². The third-order valence-electron chi connectivity index (χ3n) is 3.38. The number of amides is 1. The van der Waals surface area contributed by atoms with Crippen molar-refractivity contribution in [2.45, 2.75) is 6.54 Å². The third kappa shape index (κ3) is 3.66. The van der Waals surface area contributed by atoms with Crippen LogP contribution in [0, 0.1) is 0 Å². The molecule has 6 heteroatoms. The lowest BCUT2D eigenvalue weighted by molar-refractivity contribution is 0.0781. The fourth-order valence-corrected chi connectivity index (χ4v) is 2.17. The van der Waals surface area contributed by atoms with E-state index in [2.05, 4.69) is 0 Å². The molecule has 0 fully saturated rings. The van der Waals surface area contributed by atoms with Crippen LogP contribution in [0.3, 0.4) is 0 Å². The van der Waals surface area contributed by atoms with E-state index in [4.69, 9.17) is 14.8 Å². The van der Waals surface area contributed by atoms with Gasteiger partial charge in [-0.05, 0) is 23.2 Å². The molecule has 2 rings (SSSR count). The molecule has 0 heterocycles. The van der Waals surface area contributed by atoms with Crippen molar-refractivity contribution in [2.75, 3.05) is 14.2 Å². The molecule has 0 aromatic heterocycles. The van der Waals surface area contributed by atoms with E-state index in [0.29, 0.717) is 23.3 Å². The first-order valence-corrected chi connectivity index (χ1v) is 6.86. The van der Waals surface area contributed by atoms with Crippen molar-refractivity contribution in [1.82, 2.24) is 4.90 Å². The molecule has 0 bridgehead atoms. The predicted octanol–water partition coefficient (Wildman–Crippen LogP) is 0.647. The average molecular weight is 299 g/mol. The maximum atomic E-state index is 12.5. The van der Waals surface area contributed by atoms with Crippen LogP contribution in [0.15, 0.2) is 48.5 Å². The summed E-state index contributed by atoms with van der Waals surface area (Å²) in [5.41, 5.74) is 1.83. The molecule has 0 aliphatic carbocycles. The number of carbonyl (C=O) groups excluding carboxylic acids is 1. The fraction of sp³-hybridized carbons (Fsp3) is 0.188. The number of methoxy groups -OCH3 is 1. The Morgan fingerprint density at radius 2 is 1.77 bits per heavy atom. The van der Waals surface area contributed by atoms with Gasteiger partial charge < -0.3 is 19.7 Å². The second-order valence-electron chi connectivity index (χ2n) is 4.98. The number of carbonyl (C=O) groups is 1. The van der Waals surface area contributed by atoms with Gasteiger partial charge in [-0.15, -0.1) is 0 Å². The van der Waals surface area contributed by atoms with Crippen molar-refractivity contribution in [3.63, 3.8) is 0 Å². The Hall–Kier alpha value is -2.31. The maximum Gasteiger partial charge on any atom is 0.488 e. The first-order valence-electron chi connectivity index (χ1n) is 6.86. The zero-order valence-electron chi connectivity index (χ0n) is 12.6. The number of rotatable bonds is 5. The number of nitrogens with zero attached hydrogens (tertiary/aromatic N) is 1. The van der Waals surface area contributed by atoms with E-state index in [1.54, 1.807) is 54.4 Å². The van der Waals surface area contributed by atoms with Crippen LogP contribution in [0.1, 0.15) is 15.9 Å². The topological polar surface area (TPSA) is 70.0 Å². The first kappa shape index (κ1) is 16.1. The molecule has 1 amide bonds. The molecule has 5 nitrogen and oxygen atoms in total. The minimum absolute atomic E-state index is 0.135. The van der Waals surface area contributed by atoms with Crippen molar-refractivity contribution in [1.29, 1.82) is 0 Å². The zero-order valence-corrected chi connectivity index (χ0v) is 12.6. The van der Waals surface area contributed by atoms with Crippen LogP contribution in [-0.2, 0) is 6.54 Å². The van der Waals surface area contributed by atoms with Gasteiger partial charge in [0.25, 0.3) is 5.91 Å². The Morgan fingerprint density at radius 1 is 1.14 bits per heavy atom. The Kier molecular flexibility index (Phi) is 5.19. The first-order chi connectivity index (χ1) is 10.5. The van der Waals surface area contributed by atoms with Gasteiger partial charge in [0.15, 0.2) is 0 Å². The SMILES string of the molecule is COc1ccccc1C(=O)N(C)Cc1ccc(B(O)O)cc1. The van der Waals surface area contributed by atoms with Crippen LogP contribution in [0.5, 0.6) is 5.75 Å². The van der Waals surface area contributed by atoms with Crippen molar-refractivity contribution >= 4 is 18.5 Å². The summed E-state index contributed by atoms with van der Waals surface area (Å²) in [7, 11) is 1.76. The molecule has 0 saturated carbocycles. The van der Waals surface area contributed by atoms with Gasteiger partial charge in [-0.25, -0.2) is 0 Å². The van der Waals surface area contributed by atoms with Gasteiger partial charge in [0, 0.05) is 13.6 Å². The molecule has 114 valence electrons. The Balaban J connectivity index is 2.11. The predicted molar refractivity (Wildman–Crippen MR) is 85.1 cm³/mol. The van der Waals surface area contributed by atoms with E-state index in [9.17, 15) is 4.79 Å². The second-order valence-corrected chi connectivity index (χ2v) is 4.98. The van der Waals surface area contributed by atoms with Gasteiger partial charge >= 0.3 is 7.12 Å². The third-order valence-corrected chi connectivity index (χ3v) is 3.38. The lowest BCUT2D eigenvalue weighted by atomic mass is 9.80. The number of para-hydroxylation sites is 1. The highest BCUT2D eigenvalue weighted by atomic mass is 16.5. The van der Waals surface area contributed by atoms with E-state index in [0.717, 1.165) is 5.56 Å². The summed E-state index contributed by atoms with van der Waals surface area (Å²) in [4.78, 5) is 14.1. The summed E-state index contributed by atoms with van der Waals surface area (Å²) in [5, 5.41) is 18.1. The fourth-order valence-electron chi connectivity index (χ4n) is 2.17. The molecular formula is C16H18BNO4. The van der Waals surface area contributed by atoms with E-state index in [-0.39, 0.29) is 5.91 Å². The lowest BCUT2D eigenvalue weighted by Crippen LogP contribution is -2.30. The number of benzene rings is 2. The highest BCUT2D eigenvalue weighted by molar-refractivity contribution is 6.58. The standard InChI is InChI=1S/C16H18BNO4/c1-18(11-12-7-9-13(10-8-12)17(20)21)16(19)14-5-3-4-6-15(14)22-2/h3-10,20-21H,11H2,1-2H3. The highest BCUT2D eigenvalue weighted by Crippen LogP contribution is 2.19. The van der Waals surface area contributed by atoms with Gasteiger partial charge in [0.2, 0.25) is 0 Å². The lowest BCUT2D eigenvalue weighted by Gasteiger charge is -2.19. The van der Waals surface area contributed by atoms with Crippen molar-refractivity contribution in [3.8, 4) is 5.75 Å². The highest BCUT2D eigenvalue weighted by Gasteiger charge is 2.16. The summed E-state index contributed by atoms with van der Waals surface area (Å²) >= 11 is 0. The molecule has 0 atom stereocenters. The second kappa shape index (κ2) is 7.11. The van der Waals surface area contributed by atoms with Crippen molar-refractivity contribution < 1.29 is 19.6 Å². The Labute approximate surface area is 129 Å². The molecule has 0 spiro atoms. The van der Waals surface area contributed by atoms with Crippen molar-refractivity contribution in [2.24, 2.45) is 0 Å². The quantitative estimate of drug-likeness (QED) is 0.795. The molecule has 0 unspecified atom stereocenters. The maximum absolute atomic E-state index is 12.5. The Morgan fingerprint density at radius 3 is 2.36 bits per heavy atom. The smallest absolute Gasteiger partial charge is 0.488 e. The molecule has 0 radical (unpaired) electrons. The minimum atomic E-state index is -1.48. The molecular weight excluding hydrogens is 281 g/mol. The van der Waals surface area contributed by atoms with Gasteiger partial charge in [-0.1, -0.05) is 36.4 Å². The van der Waals surface area contributed by atoms with Gasteiger partial charge in [-0.3, -0.25) is 4.79 Å². The molecule has 2 aromatic carbocycles. The summed E-state index contributed by atoms with van der Waals surface area (Å²) in [5.74, 6) is 0.404. The minimum Gasteiger partial charge on any atom is -0.496 e. The van der Waals surface area contributed by atoms with Crippen LogP contribution in [-0.4, -0.2) is 42.1 Å². The van der Waals surface area contributed by atoms with Crippen LogP contribution in [0.25, 0.3) is 0 Å². The summed E-state index contributed by atoms with van der Waals surface area (Å²) in [6.07, 6.45) is 0. The number of hydrogen-bond acceptors (Lipinski definition) is 4. The largest absolute Gasteiger partial charge is 0.496 e. The number of hydrogen-bond donors (Lipinski definition) is 2. The van der Waals surface area contributed by atoms with Crippen molar-refractivity contribution in [3.05, 3.63) is 59.7 Å². The molecule has 2 N–H and O–H groups in total. The van der Waals surface area contributed by atoms with Crippen LogP contribution in [0.4, 0.5) is 0 Å². The normalized spacial score (nSPS) is 10.2. The van der Waals surface area contributed by atoms with E-state index < -0.39 is 7.12 Å². The van der Waals surface area contributed by atoms with E-state index >= 15 is 0 Å². The van der Waals surface area contributed by atoms with Crippen LogP contribution in [0.2, 0.25) is 0 Å². The molecule has 0 aliphatic rings. The average Bonchev–Trinajstić information content (AvgIpc) is 2.54. The zero-order chi connectivity index (χ0) is 16.1. The van der Waals surface area contributed by atoms with Gasteiger partial charge in [0.05, 0.1) is 12.7 Å².